The van der Waals surface area contributed by atoms with Crippen molar-refractivity contribution in [2.45, 2.75) is 46.1 Å². The molecule has 0 saturated carbocycles. The summed E-state index contributed by atoms with van der Waals surface area (Å²) in [5, 5.41) is 11.2. The molecule has 0 saturated heterocycles. The summed E-state index contributed by atoms with van der Waals surface area (Å²) in [4.78, 5) is 23.6. The number of hydrogen-bond donors (Lipinski definition) is 2. The van der Waals surface area contributed by atoms with Crippen LogP contribution in [0.25, 0.3) is 0 Å². The Labute approximate surface area is 96.8 Å². The zero-order valence-electron chi connectivity index (χ0n) is 10.3. The molecule has 5 heteroatoms. The van der Waals surface area contributed by atoms with Gasteiger partial charge in [0.05, 0.1) is 0 Å². The van der Waals surface area contributed by atoms with Crippen LogP contribution in [0.5, 0.6) is 0 Å². The van der Waals surface area contributed by atoms with Crippen molar-refractivity contribution in [3.63, 3.8) is 0 Å². The van der Waals surface area contributed by atoms with Crippen LogP contribution in [0.1, 0.15) is 40.0 Å². The molecule has 0 atom stereocenters. The summed E-state index contributed by atoms with van der Waals surface area (Å²) in [6.45, 7) is 7.08. The van der Waals surface area contributed by atoms with Crippen molar-refractivity contribution in [3.05, 3.63) is 0 Å². The minimum Gasteiger partial charge on any atom is -0.481 e. The third-order valence-corrected chi connectivity index (χ3v) is 2.32. The van der Waals surface area contributed by atoms with E-state index in [1.165, 1.54) is 0 Å². The van der Waals surface area contributed by atoms with Crippen molar-refractivity contribution in [3.8, 4) is 0 Å². The summed E-state index contributed by atoms with van der Waals surface area (Å²) in [5.74, 6) is -0.788. The highest BCUT2D eigenvalue weighted by atomic mass is 16.4. The summed E-state index contributed by atoms with van der Waals surface area (Å²) < 4.78 is 0. The number of carbonyl (C=O) groups is 2. The Morgan fingerprint density at radius 2 is 1.94 bits per heavy atom. The van der Waals surface area contributed by atoms with Crippen molar-refractivity contribution in [2.24, 2.45) is 0 Å². The molecule has 0 aliphatic carbocycles. The van der Waals surface area contributed by atoms with E-state index in [2.05, 4.69) is 5.32 Å². The largest absolute Gasteiger partial charge is 0.481 e. The molecule has 0 fully saturated rings. The summed E-state index contributed by atoms with van der Waals surface area (Å²) in [7, 11) is 0. The topological polar surface area (TPSA) is 69.6 Å². The summed E-state index contributed by atoms with van der Waals surface area (Å²) in [5.41, 5.74) is 0. The summed E-state index contributed by atoms with van der Waals surface area (Å²) in [6, 6.07) is 0.108. The molecule has 0 aliphatic rings. The SMILES string of the molecule is CCN(C(=O)NCCCCC(=O)O)C(C)C. The molecule has 5 nitrogen and oxygen atoms in total. The number of aliphatic carboxylic acids is 1. The van der Waals surface area contributed by atoms with E-state index >= 15 is 0 Å². The number of nitrogens with one attached hydrogen (secondary N) is 1. The second-order valence-electron chi connectivity index (χ2n) is 3.96. The number of carbonyl (C=O) groups excluding carboxylic acids is 1. The number of carboxylic acids is 1. The number of carboxylic acid groups (broad SMARTS) is 1. The van der Waals surface area contributed by atoms with Gasteiger partial charge < -0.3 is 15.3 Å². The molecule has 0 aromatic rings. The van der Waals surface area contributed by atoms with E-state index in [9.17, 15) is 9.59 Å². The Kier molecular flexibility index (Phi) is 7.33. The molecule has 0 radical (unpaired) electrons. The Hall–Kier alpha value is -1.26. The van der Waals surface area contributed by atoms with Crippen molar-refractivity contribution in [1.82, 2.24) is 10.2 Å². The van der Waals surface area contributed by atoms with Crippen molar-refractivity contribution in [2.75, 3.05) is 13.1 Å². The highest BCUT2D eigenvalue weighted by Crippen LogP contribution is 1.99. The third kappa shape index (κ3) is 6.27. The van der Waals surface area contributed by atoms with Gasteiger partial charge in [-0.25, -0.2) is 4.79 Å². The number of urea groups is 1. The highest BCUT2D eigenvalue weighted by Gasteiger charge is 2.13. The van der Waals surface area contributed by atoms with E-state index in [0.29, 0.717) is 25.9 Å². The van der Waals surface area contributed by atoms with Gasteiger partial charge in [0.25, 0.3) is 0 Å². The molecule has 2 N–H and O–H groups in total. The molecule has 0 unspecified atom stereocenters. The van der Waals surface area contributed by atoms with Crippen LogP contribution in [0, 0.1) is 0 Å². The van der Waals surface area contributed by atoms with Crippen LogP contribution in [0.2, 0.25) is 0 Å². The normalized spacial score (nSPS) is 10.2. The van der Waals surface area contributed by atoms with Crippen LogP contribution in [0.15, 0.2) is 0 Å². The van der Waals surface area contributed by atoms with E-state index in [0.717, 1.165) is 0 Å². The highest BCUT2D eigenvalue weighted by molar-refractivity contribution is 5.74. The molecule has 0 spiro atoms. The Balaban J connectivity index is 3.68. The Bertz CT molecular complexity index is 229. The Morgan fingerprint density at radius 3 is 2.38 bits per heavy atom. The predicted octanol–water partition coefficient (Wildman–Crippen LogP) is 1.68. The molecule has 0 rings (SSSR count). The van der Waals surface area contributed by atoms with E-state index in [1.807, 2.05) is 20.8 Å². The fourth-order valence-corrected chi connectivity index (χ4v) is 1.44. The smallest absolute Gasteiger partial charge is 0.317 e. The number of amides is 2. The maximum Gasteiger partial charge on any atom is 0.317 e. The first-order chi connectivity index (χ1) is 7.49. The molecule has 0 bridgehead atoms. The lowest BCUT2D eigenvalue weighted by Gasteiger charge is -2.25. The molecule has 94 valence electrons. The average molecular weight is 230 g/mol. The maximum absolute atomic E-state index is 11.6. The first-order valence-electron chi connectivity index (χ1n) is 5.75. The van der Waals surface area contributed by atoms with Crippen molar-refractivity contribution >= 4 is 12.0 Å². The van der Waals surface area contributed by atoms with Crippen LogP contribution >= 0.6 is 0 Å². The van der Waals surface area contributed by atoms with Gasteiger partial charge in [0.1, 0.15) is 0 Å². The average Bonchev–Trinajstić information content (AvgIpc) is 2.17. The van der Waals surface area contributed by atoms with Crippen LogP contribution in [-0.4, -0.2) is 41.1 Å². The summed E-state index contributed by atoms with van der Waals surface area (Å²) >= 11 is 0. The van der Waals surface area contributed by atoms with Gasteiger partial charge in [-0.1, -0.05) is 0 Å². The van der Waals surface area contributed by atoms with Gasteiger partial charge in [0.15, 0.2) is 0 Å². The van der Waals surface area contributed by atoms with Crippen LogP contribution in [-0.2, 0) is 4.79 Å². The molecule has 0 aliphatic heterocycles. The van der Waals surface area contributed by atoms with Gasteiger partial charge >= 0.3 is 12.0 Å². The van der Waals surface area contributed by atoms with Crippen molar-refractivity contribution in [1.29, 1.82) is 0 Å². The minimum absolute atomic E-state index is 0.0761. The van der Waals surface area contributed by atoms with Gasteiger partial charge in [0, 0.05) is 25.6 Å². The molecule has 2 amide bonds. The van der Waals surface area contributed by atoms with Gasteiger partial charge in [-0.15, -0.1) is 0 Å². The second-order valence-corrected chi connectivity index (χ2v) is 3.96. The molecular formula is C11H22N2O3. The Morgan fingerprint density at radius 1 is 1.31 bits per heavy atom. The van der Waals surface area contributed by atoms with E-state index in [4.69, 9.17) is 5.11 Å². The lowest BCUT2D eigenvalue weighted by molar-refractivity contribution is -0.137. The number of unbranched alkanes of at least 4 members (excludes halogenated alkanes) is 1. The summed E-state index contributed by atoms with van der Waals surface area (Å²) in [6.07, 6.45) is 1.47. The first kappa shape index (κ1) is 14.7. The lowest BCUT2D eigenvalue weighted by atomic mass is 10.2. The number of hydrogen-bond acceptors (Lipinski definition) is 2. The molecular weight excluding hydrogens is 208 g/mol. The lowest BCUT2D eigenvalue weighted by Crippen LogP contribution is -2.44. The zero-order valence-corrected chi connectivity index (χ0v) is 10.3. The van der Waals surface area contributed by atoms with Crippen LogP contribution in [0.3, 0.4) is 0 Å². The fourth-order valence-electron chi connectivity index (χ4n) is 1.44. The number of nitrogens with zero attached hydrogens (tertiary/aromatic N) is 1. The third-order valence-electron chi connectivity index (χ3n) is 2.32. The van der Waals surface area contributed by atoms with Crippen LogP contribution < -0.4 is 5.32 Å². The van der Waals surface area contributed by atoms with Gasteiger partial charge in [-0.2, -0.15) is 0 Å². The van der Waals surface area contributed by atoms with E-state index < -0.39 is 5.97 Å². The fraction of sp³-hybridized carbons (Fsp3) is 0.818. The maximum atomic E-state index is 11.6. The van der Waals surface area contributed by atoms with Gasteiger partial charge in [-0.05, 0) is 33.6 Å². The minimum atomic E-state index is -0.788. The second kappa shape index (κ2) is 7.96. The van der Waals surface area contributed by atoms with Gasteiger partial charge in [-0.3, -0.25) is 4.79 Å². The van der Waals surface area contributed by atoms with E-state index in [-0.39, 0.29) is 18.5 Å². The number of rotatable bonds is 7. The standard InChI is InChI=1S/C11H22N2O3/c1-4-13(9(2)3)11(16)12-8-6-5-7-10(14)15/h9H,4-8H2,1-3H3,(H,12,16)(H,14,15). The quantitative estimate of drug-likeness (QED) is 0.654. The zero-order chi connectivity index (χ0) is 12.6. The molecule has 0 aromatic carbocycles. The van der Waals surface area contributed by atoms with E-state index in [1.54, 1.807) is 4.90 Å². The van der Waals surface area contributed by atoms with Crippen LogP contribution in [0.4, 0.5) is 4.79 Å². The predicted molar refractivity (Wildman–Crippen MR) is 62.4 cm³/mol. The molecule has 0 heterocycles. The monoisotopic (exact) mass is 230 g/mol. The van der Waals surface area contributed by atoms with Crippen molar-refractivity contribution < 1.29 is 14.7 Å². The molecule has 16 heavy (non-hydrogen) atoms. The van der Waals surface area contributed by atoms with Gasteiger partial charge in [0.2, 0.25) is 0 Å². The molecule has 0 aromatic heterocycles. The first-order valence-corrected chi connectivity index (χ1v) is 5.75.